The van der Waals surface area contributed by atoms with Gasteiger partial charge in [-0.1, -0.05) is 18.2 Å². The van der Waals surface area contributed by atoms with E-state index in [0.717, 1.165) is 21.3 Å². The fourth-order valence-corrected chi connectivity index (χ4v) is 2.36. The van der Waals surface area contributed by atoms with Gasteiger partial charge in [0.15, 0.2) is 5.69 Å². The molecular formula is C13H11N3O2S. The topological polar surface area (TPSA) is 67.9 Å². The van der Waals surface area contributed by atoms with Crippen molar-refractivity contribution in [3.8, 4) is 0 Å². The zero-order valence-corrected chi connectivity index (χ0v) is 11.0. The van der Waals surface area contributed by atoms with E-state index in [4.69, 9.17) is 4.74 Å². The lowest BCUT2D eigenvalue weighted by atomic mass is 10.1. The molecule has 0 fully saturated rings. The summed E-state index contributed by atoms with van der Waals surface area (Å²) in [4.78, 5) is 12.8. The maximum absolute atomic E-state index is 11.8. The SMILES string of the molecule is Cc1cc(C(=O)OCc2cccc3cn[nH]c23)ns1. The minimum absolute atomic E-state index is 0.203. The Morgan fingerprint density at radius 1 is 1.47 bits per heavy atom. The number of carbonyl (C=O) groups excluding carboxylic acids is 1. The van der Waals surface area contributed by atoms with Crippen molar-refractivity contribution in [1.29, 1.82) is 0 Å². The van der Waals surface area contributed by atoms with E-state index in [1.54, 1.807) is 12.3 Å². The molecule has 6 heteroatoms. The predicted molar refractivity (Wildman–Crippen MR) is 72.1 cm³/mol. The van der Waals surface area contributed by atoms with E-state index < -0.39 is 5.97 Å². The Labute approximate surface area is 113 Å². The lowest BCUT2D eigenvalue weighted by Gasteiger charge is -2.04. The van der Waals surface area contributed by atoms with Gasteiger partial charge in [0.1, 0.15) is 6.61 Å². The Balaban J connectivity index is 1.76. The summed E-state index contributed by atoms with van der Waals surface area (Å²) in [7, 11) is 0. The van der Waals surface area contributed by atoms with Gasteiger partial charge in [-0.3, -0.25) is 5.10 Å². The van der Waals surface area contributed by atoms with Crippen LogP contribution in [0.15, 0.2) is 30.5 Å². The average molecular weight is 273 g/mol. The highest BCUT2D eigenvalue weighted by atomic mass is 32.1. The molecule has 3 aromatic rings. The van der Waals surface area contributed by atoms with Crippen molar-refractivity contribution in [3.05, 3.63) is 46.6 Å². The number of H-pyrrole nitrogens is 1. The second-order valence-electron chi connectivity index (χ2n) is 4.15. The van der Waals surface area contributed by atoms with Crippen LogP contribution in [0.1, 0.15) is 20.9 Å². The van der Waals surface area contributed by atoms with Crippen molar-refractivity contribution in [1.82, 2.24) is 14.6 Å². The first-order chi connectivity index (χ1) is 9.24. The van der Waals surface area contributed by atoms with Crippen LogP contribution < -0.4 is 0 Å². The molecule has 0 spiro atoms. The summed E-state index contributed by atoms with van der Waals surface area (Å²) in [6, 6.07) is 7.49. The molecule has 19 heavy (non-hydrogen) atoms. The summed E-state index contributed by atoms with van der Waals surface area (Å²) in [5.41, 5.74) is 2.15. The Morgan fingerprint density at radius 2 is 2.37 bits per heavy atom. The second-order valence-corrected chi connectivity index (χ2v) is 5.16. The first-order valence-electron chi connectivity index (χ1n) is 5.75. The van der Waals surface area contributed by atoms with Gasteiger partial charge in [-0.05, 0) is 24.5 Å². The molecule has 96 valence electrons. The van der Waals surface area contributed by atoms with Crippen LogP contribution in [0.5, 0.6) is 0 Å². The molecule has 1 aromatic carbocycles. The average Bonchev–Trinajstić information content (AvgIpc) is 3.04. The van der Waals surface area contributed by atoms with Gasteiger partial charge in [0.2, 0.25) is 0 Å². The molecule has 0 amide bonds. The molecule has 5 nitrogen and oxygen atoms in total. The Kier molecular flexibility index (Phi) is 3.00. The van der Waals surface area contributed by atoms with Gasteiger partial charge < -0.3 is 4.74 Å². The number of carbonyl (C=O) groups is 1. The van der Waals surface area contributed by atoms with Gasteiger partial charge >= 0.3 is 5.97 Å². The number of hydrogen-bond acceptors (Lipinski definition) is 5. The lowest BCUT2D eigenvalue weighted by Crippen LogP contribution is -2.05. The normalized spacial score (nSPS) is 10.8. The number of aromatic nitrogens is 3. The number of para-hydroxylation sites is 1. The largest absolute Gasteiger partial charge is 0.456 e. The van der Waals surface area contributed by atoms with Crippen LogP contribution in [-0.2, 0) is 11.3 Å². The summed E-state index contributed by atoms with van der Waals surface area (Å²) in [6.45, 7) is 2.11. The van der Waals surface area contributed by atoms with Crippen LogP contribution in [0.2, 0.25) is 0 Å². The molecule has 0 saturated heterocycles. The molecule has 1 N–H and O–H groups in total. The number of benzene rings is 1. The number of nitrogens with zero attached hydrogens (tertiary/aromatic N) is 2. The van der Waals surface area contributed by atoms with Crippen LogP contribution in [0.4, 0.5) is 0 Å². The van der Waals surface area contributed by atoms with Crippen molar-refractivity contribution < 1.29 is 9.53 Å². The van der Waals surface area contributed by atoms with E-state index in [0.29, 0.717) is 5.69 Å². The number of nitrogens with one attached hydrogen (secondary N) is 1. The van der Waals surface area contributed by atoms with Crippen molar-refractivity contribution in [2.75, 3.05) is 0 Å². The van der Waals surface area contributed by atoms with Gasteiger partial charge in [0, 0.05) is 15.8 Å². The van der Waals surface area contributed by atoms with Crippen molar-refractivity contribution in [2.45, 2.75) is 13.5 Å². The van der Waals surface area contributed by atoms with E-state index in [-0.39, 0.29) is 6.61 Å². The molecule has 0 atom stereocenters. The number of fused-ring (bicyclic) bond motifs is 1. The van der Waals surface area contributed by atoms with E-state index in [2.05, 4.69) is 14.6 Å². The molecule has 0 bridgehead atoms. The third-order valence-corrected chi connectivity index (χ3v) is 3.45. The molecule has 0 saturated carbocycles. The van der Waals surface area contributed by atoms with E-state index >= 15 is 0 Å². The standard InChI is InChI=1S/C13H11N3O2S/c1-8-5-11(16-19-8)13(17)18-7-10-4-2-3-9-6-14-15-12(9)10/h2-6H,7H2,1H3,(H,14,15). The molecule has 0 aliphatic carbocycles. The van der Waals surface area contributed by atoms with Crippen molar-refractivity contribution in [3.63, 3.8) is 0 Å². The fraction of sp³-hybridized carbons (Fsp3) is 0.154. The highest BCUT2D eigenvalue weighted by molar-refractivity contribution is 7.05. The highest BCUT2D eigenvalue weighted by Crippen LogP contribution is 2.17. The third-order valence-electron chi connectivity index (χ3n) is 2.76. The molecule has 3 rings (SSSR count). The van der Waals surface area contributed by atoms with E-state index in [1.807, 2.05) is 25.1 Å². The summed E-state index contributed by atoms with van der Waals surface area (Å²) in [5, 5.41) is 7.87. The van der Waals surface area contributed by atoms with Gasteiger partial charge in [-0.25, -0.2) is 4.79 Å². The van der Waals surface area contributed by atoms with Gasteiger partial charge in [-0.15, -0.1) is 0 Å². The van der Waals surface area contributed by atoms with Crippen LogP contribution >= 0.6 is 11.5 Å². The molecule has 2 aromatic heterocycles. The third kappa shape index (κ3) is 2.34. The predicted octanol–water partition coefficient (Wildman–Crippen LogP) is 2.68. The smallest absolute Gasteiger partial charge is 0.358 e. The first kappa shape index (κ1) is 11.9. The number of esters is 1. The van der Waals surface area contributed by atoms with Crippen LogP contribution in [0.25, 0.3) is 10.9 Å². The van der Waals surface area contributed by atoms with Crippen LogP contribution in [0, 0.1) is 6.92 Å². The molecule has 0 unspecified atom stereocenters. The van der Waals surface area contributed by atoms with E-state index in [1.165, 1.54) is 11.5 Å². The van der Waals surface area contributed by atoms with Gasteiger partial charge in [-0.2, -0.15) is 9.47 Å². The number of ether oxygens (including phenoxy) is 1. The van der Waals surface area contributed by atoms with Crippen LogP contribution in [-0.4, -0.2) is 20.5 Å². The van der Waals surface area contributed by atoms with Crippen LogP contribution in [0.3, 0.4) is 0 Å². The van der Waals surface area contributed by atoms with Crippen molar-refractivity contribution >= 4 is 28.4 Å². The maximum Gasteiger partial charge on any atom is 0.358 e. The van der Waals surface area contributed by atoms with Crippen molar-refractivity contribution in [2.24, 2.45) is 0 Å². The quantitative estimate of drug-likeness (QED) is 0.745. The molecular weight excluding hydrogens is 262 g/mol. The monoisotopic (exact) mass is 273 g/mol. The molecule has 0 radical (unpaired) electrons. The minimum atomic E-state index is -0.402. The number of aryl methyl sites for hydroxylation is 1. The molecule has 2 heterocycles. The number of rotatable bonds is 3. The van der Waals surface area contributed by atoms with E-state index in [9.17, 15) is 4.79 Å². The van der Waals surface area contributed by atoms with Gasteiger partial charge in [0.25, 0.3) is 0 Å². The molecule has 0 aliphatic rings. The Hall–Kier alpha value is -2.21. The molecule has 0 aliphatic heterocycles. The van der Waals surface area contributed by atoms with Gasteiger partial charge in [0.05, 0.1) is 11.7 Å². The fourth-order valence-electron chi connectivity index (χ4n) is 1.83. The Morgan fingerprint density at radius 3 is 3.16 bits per heavy atom. The lowest BCUT2D eigenvalue weighted by molar-refractivity contribution is 0.0468. The Bertz CT molecular complexity index is 732. The summed E-state index contributed by atoms with van der Waals surface area (Å²) < 4.78 is 9.29. The summed E-state index contributed by atoms with van der Waals surface area (Å²) in [5.74, 6) is -0.402. The number of aromatic amines is 1. The minimum Gasteiger partial charge on any atom is -0.456 e. The maximum atomic E-state index is 11.8. The summed E-state index contributed by atoms with van der Waals surface area (Å²) in [6.07, 6.45) is 1.74. The summed E-state index contributed by atoms with van der Waals surface area (Å²) >= 11 is 1.29. The zero-order valence-electron chi connectivity index (χ0n) is 10.2. The zero-order chi connectivity index (χ0) is 13.2. The first-order valence-corrected chi connectivity index (χ1v) is 6.53. The number of hydrogen-bond donors (Lipinski definition) is 1. The highest BCUT2D eigenvalue weighted by Gasteiger charge is 2.12. The second kappa shape index (κ2) is 4.81.